The van der Waals surface area contributed by atoms with E-state index in [1.807, 2.05) is 14.0 Å². The zero-order valence-corrected chi connectivity index (χ0v) is 20.2. The Bertz CT molecular complexity index is 913. The molecule has 2 heterocycles. The molecule has 0 unspecified atom stereocenters. The second-order valence-electron chi connectivity index (χ2n) is 8.50. The van der Waals surface area contributed by atoms with E-state index in [1.54, 1.807) is 18.2 Å². The van der Waals surface area contributed by atoms with Crippen molar-refractivity contribution < 1.29 is 9.59 Å². The number of ketones is 1. The molecular weight excluding hydrogens is 449 g/mol. The lowest BCUT2D eigenvalue weighted by molar-refractivity contribution is -0.125. The summed E-state index contributed by atoms with van der Waals surface area (Å²) in [5, 5.41) is 11.5. The number of rotatable bonds is 11. The highest BCUT2D eigenvalue weighted by Gasteiger charge is 2.29. The molecule has 1 saturated heterocycles. The number of nitrogens with zero attached hydrogens (tertiary/aromatic N) is 3. The highest BCUT2D eigenvalue weighted by Crippen LogP contribution is 2.27. The minimum atomic E-state index is -0.272. The van der Waals surface area contributed by atoms with E-state index in [4.69, 9.17) is 23.2 Å². The Balaban J connectivity index is 1.69. The number of likely N-dealkylation sites (tertiary alicyclic amines) is 1. The first kappa shape index (κ1) is 24.7. The molecule has 7 nitrogen and oxygen atoms in total. The van der Waals surface area contributed by atoms with E-state index in [2.05, 4.69) is 25.4 Å². The van der Waals surface area contributed by atoms with Crippen molar-refractivity contribution in [2.75, 3.05) is 20.1 Å². The fourth-order valence-electron chi connectivity index (χ4n) is 3.98. The molecule has 0 aliphatic carbocycles. The van der Waals surface area contributed by atoms with Crippen LogP contribution in [0.1, 0.15) is 63.7 Å². The maximum Gasteiger partial charge on any atom is 0.225 e. The van der Waals surface area contributed by atoms with Crippen LogP contribution in [-0.4, -0.2) is 51.9 Å². The fraction of sp³-hybridized carbons (Fsp3) is 0.565. The summed E-state index contributed by atoms with van der Waals surface area (Å²) in [4.78, 5) is 31.2. The van der Waals surface area contributed by atoms with Crippen LogP contribution in [0.3, 0.4) is 0 Å². The van der Waals surface area contributed by atoms with E-state index in [0.717, 1.165) is 45.2 Å². The summed E-state index contributed by atoms with van der Waals surface area (Å²) in [6.45, 7) is 3.58. The summed E-state index contributed by atoms with van der Waals surface area (Å²) in [6.07, 6.45) is 5.45. The molecule has 1 fully saturated rings. The second kappa shape index (κ2) is 11.8. The molecule has 1 aliphatic rings. The van der Waals surface area contributed by atoms with Crippen LogP contribution in [0.4, 0.5) is 0 Å². The summed E-state index contributed by atoms with van der Waals surface area (Å²) < 4.78 is 0. The van der Waals surface area contributed by atoms with Crippen molar-refractivity contribution in [1.29, 1.82) is 0 Å². The Kier molecular flexibility index (Phi) is 9.08. The van der Waals surface area contributed by atoms with Gasteiger partial charge in [-0.1, -0.05) is 43.0 Å². The normalized spacial score (nSPS) is 17.4. The summed E-state index contributed by atoms with van der Waals surface area (Å²) in [5.41, 5.74) is 0.713. The number of benzene rings is 1. The maximum absolute atomic E-state index is 12.9. The van der Waals surface area contributed by atoms with Gasteiger partial charge < -0.3 is 10.2 Å². The minimum absolute atomic E-state index is 0.0150. The van der Waals surface area contributed by atoms with Crippen LogP contribution in [0.25, 0.3) is 11.4 Å². The molecule has 2 atom stereocenters. The number of hydrogen-bond acceptors (Lipinski definition) is 5. The number of aromatic nitrogens is 3. The fourth-order valence-corrected chi connectivity index (χ4v) is 4.51. The lowest BCUT2D eigenvalue weighted by Gasteiger charge is -2.19. The second-order valence-corrected chi connectivity index (χ2v) is 9.38. The van der Waals surface area contributed by atoms with Crippen molar-refractivity contribution >= 4 is 34.9 Å². The SMILES string of the molecule is CCC(=O)CCCCC[C@H](NC(=O)[C@H]1CCN(C)C1)c1nc(-c2cc(Cl)cc(Cl)c2)n[nH]1. The first-order valence-electron chi connectivity index (χ1n) is 11.2. The summed E-state index contributed by atoms with van der Waals surface area (Å²) in [7, 11) is 2.03. The van der Waals surface area contributed by atoms with Crippen LogP contribution >= 0.6 is 23.2 Å². The summed E-state index contributed by atoms with van der Waals surface area (Å²) in [5.74, 6) is 1.42. The Morgan fingerprint density at radius 2 is 1.97 bits per heavy atom. The number of carbonyl (C=O) groups excluding carboxylic acids is 2. The van der Waals surface area contributed by atoms with E-state index >= 15 is 0 Å². The Morgan fingerprint density at radius 1 is 1.22 bits per heavy atom. The molecule has 1 aromatic heterocycles. The van der Waals surface area contributed by atoms with E-state index in [-0.39, 0.29) is 17.9 Å². The average molecular weight is 480 g/mol. The van der Waals surface area contributed by atoms with E-state index in [0.29, 0.717) is 45.9 Å². The minimum Gasteiger partial charge on any atom is -0.346 e. The van der Waals surface area contributed by atoms with Gasteiger partial charge in [0.1, 0.15) is 11.6 Å². The quantitative estimate of drug-likeness (QED) is 0.450. The van der Waals surface area contributed by atoms with Gasteiger partial charge in [-0.05, 0) is 51.1 Å². The van der Waals surface area contributed by atoms with Gasteiger partial charge in [-0.2, -0.15) is 5.10 Å². The van der Waals surface area contributed by atoms with Crippen molar-refractivity contribution in [1.82, 2.24) is 25.4 Å². The van der Waals surface area contributed by atoms with Gasteiger partial charge in [-0.3, -0.25) is 14.7 Å². The summed E-state index contributed by atoms with van der Waals surface area (Å²) in [6, 6.07) is 4.90. The molecule has 3 rings (SSSR count). The van der Waals surface area contributed by atoms with Gasteiger partial charge in [0.05, 0.1) is 12.0 Å². The molecular formula is C23H31Cl2N5O2. The average Bonchev–Trinajstić information content (AvgIpc) is 3.41. The Labute approximate surface area is 199 Å². The molecule has 9 heteroatoms. The molecule has 1 aromatic carbocycles. The number of H-pyrrole nitrogens is 1. The van der Waals surface area contributed by atoms with Gasteiger partial charge in [0, 0.05) is 35.0 Å². The highest BCUT2D eigenvalue weighted by atomic mass is 35.5. The zero-order chi connectivity index (χ0) is 23.1. The van der Waals surface area contributed by atoms with Gasteiger partial charge >= 0.3 is 0 Å². The molecule has 2 aromatic rings. The molecule has 32 heavy (non-hydrogen) atoms. The lowest BCUT2D eigenvalue weighted by Crippen LogP contribution is -2.35. The molecule has 0 saturated carbocycles. The van der Waals surface area contributed by atoms with Gasteiger partial charge in [0.2, 0.25) is 5.91 Å². The number of carbonyl (C=O) groups is 2. The number of nitrogens with one attached hydrogen (secondary N) is 2. The number of hydrogen-bond donors (Lipinski definition) is 2. The molecule has 0 bridgehead atoms. The van der Waals surface area contributed by atoms with Crippen molar-refractivity contribution in [2.24, 2.45) is 5.92 Å². The van der Waals surface area contributed by atoms with Crippen molar-refractivity contribution in [3.63, 3.8) is 0 Å². The standard InChI is InChI=1S/C23H31Cl2N5O2/c1-3-19(31)7-5-4-6-8-20(26-23(32)15-9-10-30(2)14-15)22-27-21(28-29-22)16-11-17(24)13-18(25)12-16/h11-13,15,20H,3-10,14H2,1-2H3,(H,26,32)(H,27,28,29)/t15-,20-/m0/s1. The molecule has 1 amide bonds. The first-order chi connectivity index (χ1) is 15.4. The van der Waals surface area contributed by atoms with Crippen LogP contribution in [0.2, 0.25) is 10.0 Å². The van der Waals surface area contributed by atoms with Gasteiger partial charge in [0.25, 0.3) is 0 Å². The van der Waals surface area contributed by atoms with Gasteiger partial charge in [-0.15, -0.1) is 0 Å². The third kappa shape index (κ3) is 7.02. The zero-order valence-electron chi connectivity index (χ0n) is 18.7. The third-order valence-corrected chi connectivity index (χ3v) is 6.31. The van der Waals surface area contributed by atoms with E-state index in [1.165, 1.54) is 0 Å². The van der Waals surface area contributed by atoms with Gasteiger partial charge in [0.15, 0.2) is 5.82 Å². The van der Waals surface area contributed by atoms with Gasteiger partial charge in [-0.25, -0.2) is 4.98 Å². The van der Waals surface area contributed by atoms with Crippen molar-refractivity contribution in [3.8, 4) is 11.4 Å². The van der Waals surface area contributed by atoms with E-state index in [9.17, 15) is 9.59 Å². The molecule has 174 valence electrons. The molecule has 0 radical (unpaired) electrons. The Morgan fingerprint density at radius 3 is 2.62 bits per heavy atom. The third-order valence-electron chi connectivity index (χ3n) is 5.87. The molecule has 1 aliphatic heterocycles. The highest BCUT2D eigenvalue weighted by molar-refractivity contribution is 6.35. The van der Waals surface area contributed by atoms with Crippen LogP contribution in [0.5, 0.6) is 0 Å². The number of unbranched alkanes of at least 4 members (excludes halogenated alkanes) is 2. The smallest absolute Gasteiger partial charge is 0.225 e. The van der Waals surface area contributed by atoms with Crippen molar-refractivity contribution in [3.05, 3.63) is 34.1 Å². The molecule has 2 N–H and O–H groups in total. The van der Waals surface area contributed by atoms with E-state index < -0.39 is 0 Å². The Hall–Kier alpha value is -1.96. The topological polar surface area (TPSA) is 91.0 Å². The van der Waals surface area contributed by atoms with Crippen LogP contribution in [0.15, 0.2) is 18.2 Å². The number of aromatic amines is 1. The summed E-state index contributed by atoms with van der Waals surface area (Å²) >= 11 is 12.2. The molecule has 0 spiro atoms. The van der Waals surface area contributed by atoms with Crippen LogP contribution in [-0.2, 0) is 9.59 Å². The number of amides is 1. The predicted molar refractivity (Wildman–Crippen MR) is 127 cm³/mol. The first-order valence-corrected chi connectivity index (χ1v) is 12.0. The van der Waals surface area contributed by atoms with Crippen molar-refractivity contribution in [2.45, 2.75) is 57.9 Å². The predicted octanol–water partition coefficient (Wildman–Crippen LogP) is 4.82. The monoisotopic (exact) mass is 479 g/mol. The van der Waals surface area contributed by atoms with Crippen LogP contribution < -0.4 is 5.32 Å². The number of Topliss-reactive ketones (excluding diaryl/α,β-unsaturated/α-hetero) is 1. The van der Waals surface area contributed by atoms with Crippen LogP contribution in [0, 0.1) is 5.92 Å². The lowest BCUT2D eigenvalue weighted by atomic mass is 10.0. The largest absolute Gasteiger partial charge is 0.346 e. The number of halogens is 2. The maximum atomic E-state index is 12.9.